The average Bonchev–Trinajstić information content (AvgIpc) is 2.91. The third-order valence-electron chi connectivity index (χ3n) is 3.60. The fraction of sp³-hybridized carbons (Fsp3) is 0.583. The molecule has 0 aliphatic carbocycles. The zero-order valence-electron chi connectivity index (χ0n) is 11.2. The van der Waals surface area contributed by atoms with E-state index in [0.717, 1.165) is 4.90 Å². The van der Waals surface area contributed by atoms with Gasteiger partial charge in [0.25, 0.3) is 0 Å². The summed E-state index contributed by atoms with van der Waals surface area (Å²) < 4.78 is 43.6. The SMILES string of the molecule is Cc1cc(N2CC3CNCCN3C2=O)c(C(F)(F)F)o1.Cl. The van der Waals surface area contributed by atoms with Crippen LogP contribution in [0.15, 0.2) is 10.5 Å². The molecule has 3 rings (SSSR count). The molecule has 0 aromatic carbocycles. The van der Waals surface area contributed by atoms with E-state index in [-0.39, 0.29) is 42.5 Å². The predicted molar refractivity (Wildman–Crippen MR) is 71.8 cm³/mol. The number of fused-ring (bicyclic) bond motifs is 1. The molecule has 1 N–H and O–H groups in total. The standard InChI is InChI=1S/C12H14F3N3O2.ClH/c1-7-4-9(10(20-7)12(13,14)15)18-6-8-5-16-2-3-17(8)11(18)19;/h4,8,16H,2-3,5-6H2,1H3;1H. The normalized spacial score (nSPS) is 22.3. The molecule has 118 valence electrons. The van der Waals surface area contributed by atoms with Crippen molar-refractivity contribution in [2.24, 2.45) is 0 Å². The first-order valence-corrected chi connectivity index (χ1v) is 6.34. The number of furan rings is 1. The number of anilines is 1. The van der Waals surface area contributed by atoms with Gasteiger partial charge >= 0.3 is 12.2 Å². The quantitative estimate of drug-likeness (QED) is 0.861. The van der Waals surface area contributed by atoms with Crippen LogP contribution in [-0.4, -0.2) is 43.2 Å². The lowest BCUT2D eigenvalue weighted by molar-refractivity contribution is -0.152. The third-order valence-corrected chi connectivity index (χ3v) is 3.60. The van der Waals surface area contributed by atoms with E-state index >= 15 is 0 Å². The molecule has 0 spiro atoms. The average molecular weight is 326 g/mol. The molecule has 9 heteroatoms. The summed E-state index contributed by atoms with van der Waals surface area (Å²) in [6.45, 7) is 3.45. The monoisotopic (exact) mass is 325 g/mol. The summed E-state index contributed by atoms with van der Waals surface area (Å²) in [5.74, 6) is -0.959. The number of urea groups is 1. The Labute approximate surface area is 125 Å². The van der Waals surface area contributed by atoms with Crippen molar-refractivity contribution < 1.29 is 22.4 Å². The van der Waals surface area contributed by atoms with Crippen molar-refractivity contribution in [1.29, 1.82) is 0 Å². The highest BCUT2D eigenvalue weighted by Crippen LogP contribution is 2.40. The zero-order chi connectivity index (χ0) is 14.5. The van der Waals surface area contributed by atoms with Crippen LogP contribution < -0.4 is 10.2 Å². The molecule has 0 bridgehead atoms. The maximum Gasteiger partial charge on any atom is 0.451 e. The molecular weight excluding hydrogens is 311 g/mol. The van der Waals surface area contributed by atoms with Crippen LogP contribution in [0.5, 0.6) is 0 Å². The van der Waals surface area contributed by atoms with Gasteiger partial charge in [0, 0.05) is 32.2 Å². The van der Waals surface area contributed by atoms with Gasteiger partial charge in [0.15, 0.2) is 0 Å². The number of halogens is 4. The summed E-state index contributed by atoms with van der Waals surface area (Å²) >= 11 is 0. The Balaban J connectivity index is 0.00000161. The number of nitrogens with zero attached hydrogens (tertiary/aromatic N) is 2. The molecule has 2 aliphatic rings. The highest BCUT2D eigenvalue weighted by atomic mass is 35.5. The number of aryl methyl sites for hydroxylation is 1. The number of piperazine rings is 1. The van der Waals surface area contributed by atoms with E-state index in [0.29, 0.717) is 19.6 Å². The summed E-state index contributed by atoms with van der Waals surface area (Å²) in [6, 6.07) is 0.794. The predicted octanol–water partition coefficient (Wildman–Crippen LogP) is 2.24. The van der Waals surface area contributed by atoms with Crippen LogP contribution in [0.4, 0.5) is 23.7 Å². The molecule has 5 nitrogen and oxygen atoms in total. The molecule has 0 radical (unpaired) electrons. The Morgan fingerprint density at radius 2 is 2.14 bits per heavy atom. The van der Waals surface area contributed by atoms with Gasteiger partial charge in [-0.05, 0) is 6.92 Å². The van der Waals surface area contributed by atoms with Gasteiger partial charge in [0.1, 0.15) is 5.76 Å². The number of carbonyl (C=O) groups excluding carboxylic acids is 1. The molecule has 1 aromatic rings. The van der Waals surface area contributed by atoms with Crippen LogP contribution in [-0.2, 0) is 6.18 Å². The second-order valence-electron chi connectivity index (χ2n) is 5.01. The van der Waals surface area contributed by atoms with Crippen LogP contribution in [0.1, 0.15) is 11.5 Å². The van der Waals surface area contributed by atoms with Gasteiger partial charge in [-0.1, -0.05) is 0 Å². The molecule has 2 fully saturated rings. The Kier molecular flexibility index (Phi) is 4.12. The molecule has 0 saturated carbocycles. The van der Waals surface area contributed by atoms with Gasteiger partial charge in [-0.2, -0.15) is 13.2 Å². The topological polar surface area (TPSA) is 48.7 Å². The molecule has 2 amide bonds. The second-order valence-corrected chi connectivity index (χ2v) is 5.01. The Bertz CT molecular complexity index is 546. The summed E-state index contributed by atoms with van der Waals surface area (Å²) in [7, 11) is 0. The Morgan fingerprint density at radius 3 is 2.76 bits per heavy atom. The number of rotatable bonds is 1. The number of hydrogen-bond acceptors (Lipinski definition) is 3. The molecule has 1 atom stereocenters. The first-order valence-electron chi connectivity index (χ1n) is 6.34. The first kappa shape index (κ1) is 16.0. The minimum absolute atomic E-state index is 0. The van der Waals surface area contributed by atoms with Crippen molar-refractivity contribution in [2.45, 2.75) is 19.1 Å². The van der Waals surface area contributed by atoms with Crippen molar-refractivity contribution in [3.05, 3.63) is 17.6 Å². The van der Waals surface area contributed by atoms with Gasteiger partial charge < -0.3 is 14.6 Å². The summed E-state index contributed by atoms with van der Waals surface area (Å²) in [5, 5.41) is 3.13. The third kappa shape index (κ3) is 2.69. The van der Waals surface area contributed by atoms with E-state index in [2.05, 4.69) is 5.32 Å². The number of carbonyl (C=O) groups is 1. The van der Waals surface area contributed by atoms with E-state index in [1.165, 1.54) is 13.0 Å². The van der Waals surface area contributed by atoms with E-state index in [9.17, 15) is 18.0 Å². The van der Waals surface area contributed by atoms with Gasteiger partial charge in [-0.3, -0.25) is 4.90 Å². The minimum atomic E-state index is -4.61. The van der Waals surface area contributed by atoms with E-state index in [1.807, 2.05) is 0 Å². The second kappa shape index (κ2) is 5.42. The molecule has 1 unspecified atom stereocenters. The Hall–Kier alpha value is -1.41. The zero-order valence-corrected chi connectivity index (χ0v) is 12.1. The van der Waals surface area contributed by atoms with E-state index < -0.39 is 11.9 Å². The highest BCUT2D eigenvalue weighted by Gasteiger charge is 2.45. The van der Waals surface area contributed by atoms with E-state index in [4.69, 9.17) is 4.42 Å². The van der Waals surface area contributed by atoms with Crippen LogP contribution >= 0.6 is 12.4 Å². The summed E-state index contributed by atoms with van der Waals surface area (Å²) in [4.78, 5) is 15.0. The Morgan fingerprint density at radius 1 is 1.43 bits per heavy atom. The number of amides is 2. The van der Waals surface area contributed by atoms with Gasteiger partial charge in [0.05, 0.1) is 11.7 Å². The number of alkyl halides is 3. The number of nitrogens with one attached hydrogen (secondary N) is 1. The summed E-state index contributed by atoms with van der Waals surface area (Å²) in [5.41, 5.74) is -0.186. The molecule has 2 saturated heterocycles. The largest absolute Gasteiger partial charge is 0.455 e. The highest BCUT2D eigenvalue weighted by molar-refractivity contribution is 5.95. The summed E-state index contributed by atoms with van der Waals surface area (Å²) in [6.07, 6.45) is -4.61. The van der Waals surface area contributed by atoms with Crippen molar-refractivity contribution in [2.75, 3.05) is 31.1 Å². The lowest BCUT2D eigenvalue weighted by Crippen LogP contribution is -2.49. The lowest BCUT2D eigenvalue weighted by Gasteiger charge is -2.28. The fourth-order valence-corrected chi connectivity index (χ4v) is 2.73. The smallest absolute Gasteiger partial charge is 0.451 e. The lowest BCUT2D eigenvalue weighted by atomic mass is 10.2. The van der Waals surface area contributed by atoms with Crippen LogP contribution in [0, 0.1) is 6.92 Å². The molecular formula is C12H15ClF3N3O2. The van der Waals surface area contributed by atoms with Gasteiger partial charge in [-0.15, -0.1) is 12.4 Å². The van der Waals surface area contributed by atoms with E-state index in [1.54, 1.807) is 4.90 Å². The molecule has 21 heavy (non-hydrogen) atoms. The number of hydrogen-bond donors (Lipinski definition) is 1. The van der Waals surface area contributed by atoms with Gasteiger partial charge in [-0.25, -0.2) is 4.79 Å². The minimum Gasteiger partial charge on any atom is -0.455 e. The first-order chi connectivity index (χ1) is 9.38. The molecule has 1 aromatic heterocycles. The van der Waals surface area contributed by atoms with Crippen LogP contribution in [0.2, 0.25) is 0 Å². The van der Waals surface area contributed by atoms with Crippen LogP contribution in [0.3, 0.4) is 0 Å². The van der Waals surface area contributed by atoms with Gasteiger partial charge in [0.2, 0.25) is 5.76 Å². The maximum absolute atomic E-state index is 13.0. The van der Waals surface area contributed by atoms with Crippen molar-refractivity contribution >= 4 is 24.1 Å². The van der Waals surface area contributed by atoms with Crippen LogP contribution in [0.25, 0.3) is 0 Å². The maximum atomic E-state index is 13.0. The van der Waals surface area contributed by atoms with Crippen molar-refractivity contribution in [3.63, 3.8) is 0 Å². The van der Waals surface area contributed by atoms with Crippen molar-refractivity contribution in [3.8, 4) is 0 Å². The van der Waals surface area contributed by atoms with Crippen molar-refractivity contribution in [1.82, 2.24) is 10.2 Å². The fourth-order valence-electron chi connectivity index (χ4n) is 2.73. The molecule has 2 aliphatic heterocycles. The molecule has 3 heterocycles.